The summed E-state index contributed by atoms with van der Waals surface area (Å²) in [5, 5.41) is 0. The number of nitrogens with two attached hydrogens (primary N) is 2. The van der Waals surface area contributed by atoms with E-state index in [2.05, 4.69) is 0 Å². The molecule has 0 bridgehead atoms. The van der Waals surface area contributed by atoms with Crippen LogP contribution in [-0.2, 0) is 36.8 Å². The second-order valence-corrected chi connectivity index (χ2v) is 14.0. The summed E-state index contributed by atoms with van der Waals surface area (Å²) in [4.78, 5) is 0. The lowest BCUT2D eigenvalue weighted by Gasteiger charge is -2.37. The van der Waals surface area contributed by atoms with Gasteiger partial charge in [-0.05, 0) is 59.9 Å². The molecule has 0 fully saturated rings. The van der Waals surface area contributed by atoms with Gasteiger partial charge in [-0.3, -0.25) is 0 Å². The first kappa shape index (κ1) is 39.5. The van der Waals surface area contributed by atoms with E-state index in [-0.39, 0.29) is 19.0 Å². The molecule has 294 valence electrons. The summed E-state index contributed by atoms with van der Waals surface area (Å²) in [7, 11) is 0. The van der Waals surface area contributed by atoms with Gasteiger partial charge in [0.25, 0.3) is 0 Å². The summed E-state index contributed by atoms with van der Waals surface area (Å²) in [5.74, 6) is 2.92. The minimum atomic E-state index is -1.71. The summed E-state index contributed by atoms with van der Waals surface area (Å²) in [6.07, 6.45) is 5.97. The van der Waals surface area contributed by atoms with Crippen LogP contribution < -0.4 is 35.2 Å². The molecule has 6 aromatic carbocycles. The van der Waals surface area contributed by atoms with Crippen LogP contribution in [0.3, 0.4) is 0 Å². The number of allylic oxidation sites excluding steroid dienone is 3. The van der Waals surface area contributed by atoms with Crippen molar-refractivity contribution >= 4 is 5.76 Å². The summed E-state index contributed by atoms with van der Waals surface area (Å²) < 4.78 is 39.1. The highest BCUT2D eigenvalue weighted by Gasteiger charge is 2.44. The molecule has 8 heteroatoms. The van der Waals surface area contributed by atoms with E-state index in [1.165, 1.54) is 0 Å². The van der Waals surface area contributed by atoms with Gasteiger partial charge in [-0.15, -0.1) is 0 Å². The van der Waals surface area contributed by atoms with Crippen LogP contribution in [0.5, 0.6) is 28.7 Å². The molecule has 0 radical (unpaired) electrons. The van der Waals surface area contributed by atoms with E-state index >= 15 is 0 Å². The zero-order valence-electron chi connectivity index (χ0n) is 32.8. The second kappa shape index (κ2) is 18.9. The highest BCUT2D eigenvalue weighted by molar-refractivity contribution is 5.74. The van der Waals surface area contributed by atoms with E-state index in [9.17, 15) is 0 Å². The topological polar surface area (TPSA) is 107 Å². The SMILES string of the molecule is CC=CC=C(C)COc1cc(C2=C(OCc3ccccc3)C(N)(N)c3c(OCc4ccccc4)cc(OCc4ccccc4)cc3O2)ccc1OCc1ccccc1. The van der Waals surface area contributed by atoms with Crippen molar-refractivity contribution in [3.05, 3.63) is 215 Å². The summed E-state index contributed by atoms with van der Waals surface area (Å²) in [5.41, 5.74) is 18.8. The van der Waals surface area contributed by atoms with Crippen LogP contribution in [0.25, 0.3) is 5.76 Å². The molecule has 6 aromatic rings. The third kappa shape index (κ3) is 9.97. The van der Waals surface area contributed by atoms with Crippen LogP contribution in [0.15, 0.2) is 181 Å². The van der Waals surface area contributed by atoms with Crippen LogP contribution in [-0.4, -0.2) is 6.61 Å². The molecule has 1 aliphatic heterocycles. The van der Waals surface area contributed by atoms with Gasteiger partial charge >= 0.3 is 0 Å². The van der Waals surface area contributed by atoms with E-state index in [0.717, 1.165) is 27.8 Å². The molecule has 1 aliphatic rings. The second-order valence-electron chi connectivity index (χ2n) is 14.0. The molecule has 0 atom stereocenters. The first-order valence-corrected chi connectivity index (χ1v) is 19.3. The quantitative estimate of drug-likeness (QED) is 0.0697. The van der Waals surface area contributed by atoms with Crippen molar-refractivity contribution in [2.45, 2.75) is 45.9 Å². The van der Waals surface area contributed by atoms with Crippen molar-refractivity contribution in [1.29, 1.82) is 0 Å². The predicted octanol–water partition coefficient (Wildman–Crippen LogP) is 10.4. The number of hydrogen-bond donors (Lipinski definition) is 2. The fraction of sp³-hybridized carbons (Fsp3) is 0.160. The molecule has 58 heavy (non-hydrogen) atoms. The number of ether oxygens (including phenoxy) is 6. The third-order valence-electron chi connectivity index (χ3n) is 9.43. The van der Waals surface area contributed by atoms with Crippen molar-refractivity contribution in [3.8, 4) is 28.7 Å². The maximum absolute atomic E-state index is 7.26. The highest BCUT2D eigenvalue weighted by atomic mass is 16.5. The summed E-state index contributed by atoms with van der Waals surface area (Å²) >= 11 is 0. The van der Waals surface area contributed by atoms with Gasteiger partial charge in [-0.1, -0.05) is 140 Å². The molecule has 4 N–H and O–H groups in total. The van der Waals surface area contributed by atoms with Gasteiger partial charge in [0, 0.05) is 17.7 Å². The number of fused-ring (bicyclic) bond motifs is 1. The van der Waals surface area contributed by atoms with E-state index < -0.39 is 5.66 Å². The lowest BCUT2D eigenvalue weighted by Crippen LogP contribution is -2.51. The van der Waals surface area contributed by atoms with Crippen LogP contribution in [0.1, 0.15) is 47.2 Å². The Kier molecular flexibility index (Phi) is 12.9. The van der Waals surface area contributed by atoms with Gasteiger partial charge < -0.3 is 39.9 Å². The zero-order chi connectivity index (χ0) is 40.2. The van der Waals surface area contributed by atoms with Crippen LogP contribution in [0.2, 0.25) is 0 Å². The van der Waals surface area contributed by atoms with Crippen LogP contribution in [0, 0.1) is 0 Å². The Balaban J connectivity index is 1.31. The van der Waals surface area contributed by atoms with E-state index in [0.29, 0.717) is 65.5 Å². The Bertz CT molecular complexity index is 2360. The smallest absolute Gasteiger partial charge is 0.179 e. The largest absolute Gasteiger partial charge is 0.489 e. The third-order valence-corrected chi connectivity index (χ3v) is 9.43. The van der Waals surface area contributed by atoms with Gasteiger partial charge in [0.1, 0.15) is 50.3 Å². The number of hydrogen-bond acceptors (Lipinski definition) is 8. The molecule has 8 nitrogen and oxygen atoms in total. The standard InChI is InChI=1S/C50H48N2O6/c1-3-4-17-36(2)31-54-44-28-41(26-27-43(44)55-33-38-20-11-6-12-21-38)48-49(57-35-40-24-15-8-16-25-40)50(51,52)47-45(56-34-39-22-13-7-14-23-39)29-42(30-46(47)58-48)53-32-37-18-9-5-10-19-37/h3-30H,31-35,51-52H2,1-2H3. The molecule has 0 unspecified atom stereocenters. The molecule has 0 aromatic heterocycles. The first-order chi connectivity index (χ1) is 28.4. The Labute approximate surface area is 340 Å². The van der Waals surface area contributed by atoms with Gasteiger partial charge in [-0.25, -0.2) is 0 Å². The Morgan fingerprint density at radius 3 is 1.64 bits per heavy atom. The van der Waals surface area contributed by atoms with Crippen LogP contribution in [0.4, 0.5) is 0 Å². The number of benzene rings is 6. The molecule has 7 rings (SSSR count). The first-order valence-electron chi connectivity index (χ1n) is 19.3. The van der Waals surface area contributed by atoms with Gasteiger partial charge in [-0.2, -0.15) is 0 Å². The van der Waals surface area contributed by atoms with Gasteiger partial charge in [0.15, 0.2) is 28.7 Å². The fourth-order valence-corrected chi connectivity index (χ4v) is 6.41. The van der Waals surface area contributed by atoms with E-state index in [1.54, 1.807) is 12.1 Å². The van der Waals surface area contributed by atoms with Crippen molar-refractivity contribution < 1.29 is 28.4 Å². The zero-order valence-corrected chi connectivity index (χ0v) is 32.8. The van der Waals surface area contributed by atoms with Crippen molar-refractivity contribution in [1.82, 2.24) is 0 Å². The monoisotopic (exact) mass is 772 g/mol. The Morgan fingerprint density at radius 2 is 1.09 bits per heavy atom. The molecule has 0 aliphatic carbocycles. The van der Waals surface area contributed by atoms with Gasteiger partial charge in [0.05, 0.1) is 5.56 Å². The van der Waals surface area contributed by atoms with Crippen molar-refractivity contribution in [3.63, 3.8) is 0 Å². The lowest BCUT2D eigenvalue weighted by molar-refractivity contribution is 0.138. The van der Waals surface area contributed by atoms with Crippen molar-refractivity contribution in [2.24, 2.45) is 11.5 Å². The summed E-state index contributed by atoms with van der Waals surface area (Å²) in [6, 6.07) is 48.8. The number of rotatable bonds is 17. The summed E-state index contributed by atoms with van der Waals surface area (Å²) in [6.45, 7) is 5.45. The lowest BCUT2D eigenvalue weighted by atomic mass is 9.91. The molecule has 0 amide bonds. The predicted molar refractivity (Wildman–Crippen MR) is 228 cm³/mol. The van der Waals surface area contributed by atoms with E-state index in [1.807, 2.05) is 172 Å². The molecule has 0 saturated carbocycles. The molecular weight excluding hydrogens is 725 g/mol. The fourth-order valence-electron chi connectivity index (χ4n) is 6.41. The normalized spacial score (nSPS) is 13.4. The minimum Gasteiger partial charge on any atom is -0.489 e. The van der Waals surface area contributed by atoms with E-state index in [4.69, 9.17) is 39.9 Å². The molecule has 0 spiro atoms. The van der Waals surface area contributed by atoms with Crippen molar-refractivity contribution in [2.75, 3.05) is 6.61 Å². The Hall–Kier alpha value is -6.74. The maximum Gasteiger partial charge on any atom is 0.179 e. The molecular formula is C50H48N2O6. The van der Waals surface area contributed by atoms with Crippen LogP contribution >= 0.6 is 0 Å². The Morgan fingerprint density at radius 1 is 0.569 bits per heavy atom. The molecule has 0 saturated heterocycles. The maximum atomic E-state index is 7.26. The highest BCUT2D eigenvalue weighted by Crippen LogP contribution is 2.49. The average molecular weight is 773 g/mol. The average Bonchev–Trinajstić information content (AvgIpc) is 3.26. The van der Waals surface area contributed by atoms with Gasteiger partial charge in [0.2, 0.25) is 0 Å². The minimum absolute atomic E-state index is 0.184. The molecule has 1 heterocycles.